The van der Waals surface area contributed by atoms with Gasteiger partial charge in [-0.15, -0.1) is 0 Å². The molecule has 0 aromatic heterocycles. The van der Waals surface area contributed by atoms with Crippen molar-refractivity contribution in [1.82, 2.24) is 4.90 Å². The molecule has 1 amide bonds. The summed E-state index contributed by atoms with van der Waals surface area (Å²) in [6, 6.07) is 0.520. The molecule has 1 aliphatic heterocycles. The topological polar surface area (TPSA) is 55.6 Å². The molecule has 70 valence electrons. The van der Waals surface area contributed by atoms with E-state index >= 15 is 0 Å². The number of nitrogens with two attached hydrogens (primary N) is 1. The molecule has 0 aromatic carbocycles. The summed E-state index contributed by atoms with van der Waals surface area (Å²) in [6.07, 6.45) is 0.247. The highest BCUT2D eigenvalue weighted by atomic mass is 16.6. The first-order valence-corrected chi connectivity index (χ1v) is 4.29. The van der Waals surface area contributed by atoms with E-state index in [1.807, 2.05) is 0 Å². The lowest BCUT2D eigenvalue weighted by Gasteiger charge is -2.19. The molecular weight excluding hydrogens is 156 g/mol. The molecule has 1 atom stereocenters. The Morgan fingerprint density at radius 3 is 2.75 bits per heavy atom. The molecule has 0 aromatic rings. The first-order chi connectivity index (χ1) is 5.59. The lowest BCUT2D eigenvalue weighted by Crippen LogP contribution is -2.31. The third-order valence-electron chi connectivity index (χ3n) is 2.19. The molecule has 1 rings (SSSR count). The first-order valence-electron chi connectivity index (χ1n) is 4.29. The lowest BCUT2D eigenvalue weighted by atomic mass is 10.3. The van der Waals surface area contributed by atoms with Crippen LogP contribution in [-0.2, 0) is 4.74 Å². The molecule has 0 spiro atoms. The van der Waals surface area contributed by atoms with Crippen LogP contribution in [0.15, 0.2) is 0 Å². The molecule has 0 radical (unpaired) electrons. The van der Waals surface area contributed by atoms with E-state index in [2.05, 4.69) is 18.7 Å². The van der Waals surface area contributed by atoms with Gasteiger partial charge in [-0.05, 0) is 20.3 Å². The zero-order valence-corrected chi connectivity index (χ0v) is 7.62. The Morgan fingerprint density at radius 2 is 2.33 bits per heavy atom. The van der Waals surface area contributed by atoms with Gasteiger partial charge < -0.3 is 10.5 Å². The van der Waals surface area contributed by atoms with Crippen LogP contribution in [0.1, 0.15) is 20.3 Å². The second-order valence-electron chi connectivity index (χ2n) is 3.44. The SMILES string of the molecule is CC(C)N1CC[C@H](OC(N)=O)C1. The maximum Gasteiger partial charge on any atom is 0.404 e. The number of nitrogens with zero attached hydrogens (tertiary/aromatic N) is 1. The zero-order chi connectivity index (χ0) is 9.14. The van der Waals surface area contributed by atoms with E-state index in [1.54, 1.807) is 0 Å². The maximum atomic E-state index is 10.4. The van der Waals surface area contributed by atoms with Crippen molar-refractivity contribution in [1.29, 1.82) is 0 Å². The highest BCUT2D eigenvalue weighted by molar-refractivity contribution is 5.64. The van der Waals surface area contributed by atoms with Gasteiger partial charge in [0.25, 0.3) is 0 Å². The predicted octanol–water partition coefficient (Wildman–Crippen LogP) is 0.564. The number of ether oxygens (including phenoxy) is 1. The Morgan fingerprint density at radius 1 is 1.67 bits per heavy atom. The fraction of sp³-hybridized carbons (Fsp3) is 0.875. The van der Waals surface area contributed by atoms with Crippen molar-refractivity contribution in [3.8, 4) is 0 Å². The highest BCUT2D eigenvalue weighted by Crippen LogP contribution is 2.14. The number of rotatable bonds is 2. The van der Waals surface area contributed by atoms with Crippen LogP contribution < -0.4 is 5.73 Å². The third kappa shape index (κ3) is 2.37. The summed E-state index contributed by atoms with van der Waals surface area (Å²) >= 11 is 0. The van der Waals surface area contributed by atoms with Gasteiger partial charge in [0.1, 0.15) is 6.10 Å². The molecule has 0 saturated carbocycles. The largest absolute Gasteiger partial charge is 0.445 e. The number of amides is 1. The number of hydrogen-bond acceptors (Lipinski definition) is 3. The average Bonchev–Trinajstić information content (AvgIpc) is 2.34. The zero-order valence-electron chi connectivity index (χ0n) is 7.62. The maximum absolute atomic E-state index is 10.4. The number of carbonyl (C=O) groups excluding carboxylic acids is 1. The van der Waals surface area contributed by atoms with Gasteiger partial charge in [0, 0.05) is 19.1 Å². The van der Waals surface area contributed by atoms with E-state index < -0.39 is 6.09 Å². The summed E-state index contributed by atoms with van der Waals surface area (Å²) in [5.74, 6) is 0. The van der Waals surface area contributed by atoms with E-state index in [9.17, 15) is 4.79 Å². The van der Waals surface area contributed by atoms with Crippen molar-refractivity contribution in [3.63, 3.8) is 0 Å². The molecule has 0 bridgehead atoms. The quantitative estimate of drug-likeness (QED) is 0.662. The van der Waals surface area contributed by atoms with Crippen LogP contribution in [0.4, 0.5) is 4.79 Å². The lowest BCUT2D eigenvalue weighted by molar-refractivity contribution is 0.106. The molecule has 1 saturated heterocycles. The standard InChI is InChI=1S/C8H16N2O2/c1-6(2)10-4-3-7(5-10)12-8(9)11/h6-7H,3-5H2,1-2H3,(H2,9,11)/t7-/m0/s1. The minimum Gasteiger partial charge on any atom is -0.445 e. The Hall–Kier alpha value is -0.770. The normalized spacial score (nSPS) is 24.8. The molecule has 0 aliphatic carbocycles. The van der Waals surface area contributed by atoms with Crippen LogP contribution in [0.2, 0.25) is 0 Å². The molecule has 0 unspecified atom stereocenters. The summed E-state index contributed by atoms with van der Waals surface area (Å²) in [4.78, 5) is 12.7. The van der Waals surface area contributed by atoms with E-state index in [0.717, 1.165) is 19.5 Å². The van der Waals surface area contributed by atoms with Crippen LogP contribution in [0.5, 0.6) is 0 Å². The van der Waals surface area contributed by atoms with Crippen molar-refractivity contribution >= 4 is 6.09 Å². The second kappa shape index (κ2) is 3.76. The first kappa shape index (κ1) is 9.32. The van der Waals surface area contributed by atoms with Crippen LogP contribution in [0.3, 0.4) is 0 Å². The number of likely N-dealkylation sites (tertiary alicyclic amines) is 1. The Balaban J connectivity index is 2.30. The van der Waals surface area contributed by atoms with Crippen molar-refractivity contribution in [2.45, 2.75) is 32.4 Å². The van der Waals surface area contributed by atoms with Gasteiger partial charge in [-0.25, -0.2) is 4.79 Å². The van der Waals surface area contributed by atoms with Gasteiger partial charge in [0.2, 0.25) is 0 Å². The third-order valence-corrected chi connectivity index (χ3v) is 2.19. The van der Waals surface area contributed by atoms with Crippen LogP contribution in [-0.4, -0.2) is 36.2 Å². The van der Waals surface area contributed by atoms with Crippen molar-refractivity contribution in [2.75, 3.05) is 13.1 Å². The summed E-state index contributed by atoms with van der Waals surface area (Å²) in [7, 11) is 0. The molecular formula is C8H16N2O2. The van der Waals surface area contributed by atoms with Gasteiger partial charge in [0.15, 0.2) is 0 Å². The predicted molar refractivity (Wildman–Crippen MR) is 45.8 cm³/mol. The molecule has 12 heavy (non-hydrogen) atoms. The van der Waals surface area contributed by atoms with E-state index in [0.29, 0.717) is 6.04 Å². The van der Waals surface area contributed by atoms with E-state index in [4.69, 9.17) is 10.5 Å². The summed E-state index contributed by atoms with van der Waals surface area (Å²) in [5.41, 5.74) is 4.91. The van der Waals surface area contributed by atoms with Crippen molar-refractivity contribution < 1.29 is 9.53 Å². The molecule has 1 aliphatic rings. The van der Waals surface area contributed by atoms with Gasteiger partial charge >= 0.3 is 6.09 Å². The molecule has 4 nitrogen and oxygen atoms in total. The summed E-state index contributed by atoms with van der Waals surface area (Å²) in [5, 5.41) is 0. The van der Waals surface area contributed by atoms with E-state index in [-0.39, 0.29) is 6.10 Å². The van der Waals surface area contributed by atoms with E-state index in [1.165, 1.54) is 0 Å². The van der Waals surface area contributed by atoms with Gasteiger partial charge in [-0.3, -0.25) is 4.90 Å². The van der Waals surface area contributed by atoms with Crippen molar-refractivity contribution in [3.05, 3.63) is 0 Å². The highest BCUT2D eigenvalue weighted by Gasteiger charge is 2.26. The Bertz CT molecular complexity index is 170. The minimum atomic E-state index is -0.661. The number of hydrogen-bond donors (Lipinski definition) is 1. The van der Waals surface area contributed by atoms with Crippen LogP contribution in [0.25, 0.3) is 0 Å². The average molecular weight is 172 g/mol. The van der Waals surface area contributed by atoms with Gasteiger partial charge in [-0.2, -0.15) is 0 Å². The Kier molecular flexibility index (Phi) is 2.92. The fourth-order valence-electron chi connectivity index (χ4n) is 1.48. The summed E-state index contributed by atoms with van der Waals surface area (Å²) in [6.45, 7) is 6.08. The molecule has 1 fully saturated rings. The van der Waals surface area contributed by atoms with Crippen LogP contribution in [0, 0.1) is 0 Å². The minimum absolute atomic E-state index is 0.00454. The van der Waals surface area contributed by atoms with Crippen molar-refractivity contribution in [2.24, 2.45) is 5.73 Å². The fourth-order valence-corrected chi connectivity index (χ4v) is 1.48. The van der Waals surface area contributed by atoms with Gasteiger partial charge in [-0.1, -0.05) is 0 Å². The number of carbonyl (C=O) groups is 1. The summed E-state index contributed by atoms with van der Waals surface area (Å²) < 4.78 is 4.89. The smallest absolute Gasteiger partial charge is 0.404 e. The number of primary amides is 1. The second-order valence-corrected chi connectivity index (χ2v) is 3.44. The van der Waals surface area contributed by atoms with Gasteiger partial charge in [0.05, 0.1) is 0 Å². The molecule has 1 heterocycles. The monoisotopic (exact) mass is 172 g/mol. The molecule has 4 heteroatoms. The Labute approximate surface area is 72.7 Å². The molecule has 2 N–H and O–H groups in total. The van der Waals surface area contributed by atoms with Crippen LogP contribution >= 0.6 is 0 Å².